The highest BCUT2D eigenvalue weighted by atomic mass is 16.5. The highest BCUT2D eigenvalue weighted by Gasteiger charge is 2.43. The average molecular weight is 518 g/mol. The molecule has 0 amide bonds. The Labute approximate surface area is 222 Å². The number of unbranched alkanes of at least 4 members (excludes halogenated alkanes) is 3. The average Bonchev–Trinajstić information content (AvgIpc) is 2.95. The molecule has 1 unspecified atom stereocenters. The Kier molecular flexibility index (Phi) is 9.66. The van der Waals surface area contributed by atoms with Gasteiger partial charge in [0.15, 0.2) is 0 Å². The zero-order valence-electron chi connectivity index (χ0n) is 21.7. The molecule has 0 radical (unpaired) electrons. The van der Waals surface area contributed by atoms with Gasteiger partial charge in [-0.05, 0) is 36.2 Å². The molecule has 0 aliphatic carbocycles. The summed E-state index contributed by atoms with van der Waals surface area (Å²) >= 11 is 0. The topological polar surface area (TPSA) is 132 Å². The van der Waals surface area contributed by atoms with E-state index in [2.05, 4.69) is 13.0 Å². The van der Waals surface area contributed by atoms with Crippen LogP contribution in [0.5, 0.6) is 0 Å². The SMILES string of the molecule is CCCCCCOC(=O)c1ccc(N2C(N)=C(C#N)C(c3ccccc3)C(C(=O)OC)=C2C(=O)OC)cc1. The summed E-state index contributed by atoms with van der Waals surface area (Å²) in [5, 5.41) is 10.1. The lowest BCUT2D eigenvalue weighted by molar-refractivity contribution is -0.139. The van der Waals surface area contributed by atoms with E-state index in [0.29, 0.717) is 23.4 Å². The number of benzene rings is 2. The van der Waals surface area contributed by atoms with E-state index in [9.17, 15) is 19.6 Å². The van der Waals surface area contributed by atoms with Gasteiger partial charge in [0.25, 0.3) is 0 Å². The first-order valence-electron chi connectivity index (χ1n) is 12.3. The van der Waals surface area contributed by atoms with Crippen molar-refractivity contribution in [2.45, 2.75) is 38.5 Å². The van der Waals surface area contributed by atoms with Crippen LogP contribution in [0.1, 0.15) is 54.4 Å². The van der Waals surface area contributed by atoms with Gasteiger partial charge in [-0.3, -0.25) is 4.90 Å². The normalized spacial score (nSPS) is 15.1. The molecule has 0 bridgehead atoms. The lowest BCUT2D eigenvalue weighted by Crippen LogP contribution is -2.40. The summed E-state index contributed by atoms with van der Waals surface area (Å²) in [5.74, 6) is -3.15. The predicted molar refractivity (Wildman–Crippen MR) is 140 cm³/mol. The van der Waals surface area contributed by atoms with Gasteiger partial charge in [0, 0.05) is 5.69 Å². The highest BCUT2D eigenvalue weighted by Crippen LogP contribution is 2.43. The lowest BCUT2D eigenvalue weighted by atomic mass is 9.81. The highest BCUT2D eigenvalue weighted by molar-refractivity contribution is 6.06. The van der Waals surface area contributed by atoms with E-state index in [1.807, 2.05) is 0 Å². The van der Waals surface area contributed by atoms with Crippen LogP contribution < -0.4 is 10.6 Å². The fourth-order valence-corrected chi connectivity index (χ4v) is 4.31. The Morgan fingerprint density at radius 1 is 0.921 bits per heavy atom. The summed E-state index contributed by atoms with van der Waals surface area (Å²) in [4.78, 5) is 39.9. The maximum Gasteiger partial charge on any atom is 0.355 e. The van der Waals surface area contributed by atoms with Crippen molar-refractivity contribution in [3.8, 4) is 6.07 Å². The van der Waals surface area contributed by atoms with Crippen LogP contribution in [-0.2, 0) is 23.8 Å². The Morgan fingerprint density at radius 3 is 2.16 bits per heavy atom. The van der Waals surface area contributed by atoms with Crippen LogP contribution in [0.25, 0.3) is 0 Å². The van der Waals surface area contributed by atoms with Crippen molar-refractivity contribution in [1.82, 2.24) is 0 Å². The van der Waals surface area contributed by atoms with E-state index in [1.165, 1.54) is 31.3 Å². The van der Waals surface area contributed by atoms with Crippen molar-refractivity contribution in [3.63, 3.8) is 0 Å². The molecule has 38 heavy (non-hydrogen) atoms. The summed E-state index contributed by atoms with van der Waals surface area (Å²) < 4.78 is 15.4. The number of carbonyl (C=O) groups is 3. The van der Waals surface area contributed by atoms with E-state index in [-0.39, 0.29) is 22.7 Å². The van der Waals surface area contributed by atoms with Crippen LogP contribution >= 0.6 is 0 Å². The van der Waals surface area contributed by atoms with Gasteiger partial charge in [-0.1, -0.05) is 56.5 Å². The van der Waals surface area contributed by atoms with Crippen LogP contribution in [0.15, 0.2) is 77.3 Å². The number of rotatable bonds is 10. The van der Waals surface area contributed by atoms with Gasteiger partial charge in [0.05, 0.1) is 49.5 Å². The van der Waals surface area contributed by atoms with Crippen molar-refractivity contribution < 1.29 is 28.6 Å². The third kappa shape index (κ3) is 5.86. The van der Waals surface area contributed by atoms with Crippen LogP contribution in [0.3, 0.4) is 0 Å². The summed E-state index contributed by atoms with van der Waals surface area (Å²) in [7, 11) is 2.37. The summed E-state index contributed by atoms with van der Waals surface area (Å²) in [5.41, 5.74) is 7.48. The van der Waals surface area contributed by atoms with Gasteiger partial charge in [-0.25, -0.2) is 14.4 Å². The van der Waals surface area contributed by atoms with Crippen LogP contribution in [0.2, 0.25) is 0 Å². The molecule has 0 aromatic heterocycles. The van der Waals surface area contributed by atoms with Gasteiger partial charge >= 0.3 is 17.9 Å². The fraction of sp³-hybridized carbons (Fsp3) is 0.310. The van der Waals surface area contributed by atoms with Gasteiger partial charge in [0.2, 0.25) is 0 Å². The molecule has 0 saturated heterocycles. The van der Waals surface area contributed by atoms with E-state index in [1.54, 1.807) is 42.5 Å². The number of carbonyl (C=O) groups excluding carboxylic acids is 3. The predicted octanol–water partition coefficient (Wildman–Crippen LogP) is 4.32. The number of nitriles is 1. The van der Waals surface area contributed by atoms with E-state index >= 15 is 0 Å². The zero-order chi connectivity index (χ0) is 27.7. The molecule has 9 heteroatoms. The van der Waals surface area contributed by atoms with E-state index < -0.39 is 23.8 Å². The number of ether oxygens (including phenoxy) is 3. The van der Waals surface area contributed by atoms with Crippen molar-refractivity contribution in [1.29, 1.82) is 5.26 Å². The number of nitrogens with zero attached hydrogens (tertiary/aromatic N) is 2. The molecule has 2 aromatic carbocycles. The zero-order valence-corrected chi connectivity index (χ0v) is 21.7. The number of hydrogen-bond acceptors (Lipinski definition) is 9. The monoisotopic (exact) mass is 517 g/mol. The van der Waals surface area contributed by atoms with Crippen molar-refractivity contribution in [2.24, 2.45) is 5.73 Å². The molecule has 1 aliphatic rings. The Balaban J connectivity index is 2.08. The number of hydrogen-bond donors (Lipinski definition) is 1. The Hall–Kier alpha value is -4.58. The first-order valence-corrected chi connectivity index (χ1v) is 12.3. The number of allylic oxidation sites excluding steroid dienone is 1. The molecule has 3 rings (SSSR count). The molecule has 9 nitrogen and oxygen atoms in total. The Morgan fingerprint density at radius 2 is 1.58 bits per heavy atom. The van der Waals surface area contributed by atoms with Gasteiger partial charge in [-0.2, -0.15) is 5.26 Å². The smallest absolute Gasteiger partial charge is 0.355 e. The number of anilines is 1. The van der Waals surface area contributed by atoms with Crippen molar-refractivity contribution in [3.05, 3.63) is 88.4 Å². The van der Waals surface area contributed by atoms with Gasteiger partial charge < -0.3 is 19.9 Å². The molecule has 1 atom stereocenters. The standard InChI is InChI=1S/C29H31N3O6/c1-4-5-6-10-17-38-27(33)20-13-15-21(16-14-20)32-25(29(35)37-3)24(28(34)36-2)23(22(18-30)26(32)31)19-11-8-7-9-12-19/h7-9,11-16,23H,4-6,10,17,31H2,1-3H3. The minimum atomic E-state index is -0.957. The minimum absolute atomic E-state index is 0.0549. The second-order valence-electron chi connectivity index (χ2n) is 8.58. The second kappa shape index (κ2) is 13.1. The van der Waals surface area contributed by atoms with Gasteiger partial charge in [0.1, 0.15) is 11.5 Å². The molecular formula is C29H31N3O6. The fourth-order valence-electron chi connectivity index (χ4n) is 4.31. The first-order chi connectivity index (χ1) is 18.4. The molecular weight excluding hydrogens is 486 g/mol. The van der Waals surface area contributed by atoms with Crippen LogP contribution in [0, 0.1) is 11.3 Å². The van der Waals surface area contributed by atoms with Crippen molar-refractivity contribution in [2.75, 3.05) is 25.7 Å². The third-order valence-electron chi connectivity index (χ3n) is 6.20. The molecule has 0 spiro atoms. The third-order valence-corrected chi connectivity index (χ3v) is 6.20. The molecule has 0 saturated carbocycles. The molecule has 198 valence electrons. The molecule has 2 aromatic rings. The lowest BCUT2D eigenvalue weighted by Gasteiger charge is -2.35. The molecule has 1 aliphatic heterocycles. The van der Waals surface area contributed by atoms with Crippen LogP contribution in [-0.4, -0.2) is 38.7 Å². The number of methoxy groups -OCH3 is 2. The quantitative estimate of drug-likeness (QED) is 0.278. The van der Waals surface area contributed by atoms with E-state index in [0.717, 1.165) is 25.7 Å². The van der Waals surface area contributed by atoms with E-state index in [4.69, 9.17) is 19.9 Å². The maximum atomic E-state index is 13.1. The summed E-state index contributed by atoms with van der Waals surface area (Å²) in [6, 6.07) is 17.0. The number of esters is 3. The molecule has 1 heterocycles. The maximum absolute atomic E-state index is 13.1. The first kappa shape index (κ1) is 28.0. The molecule has 2 N–H and O–H groups in total. The van der Waals surface area contributed by atoms with Gasteiger partial charge in [-0.15, -0.1) is 0 Å². The second-order valence-corrected chi connectivity index (χ2v) is 8.58. The number of nitrogens with two attached hydrogens (primary N) is 1. The summed E-state index contributed by atoms with van der Waals surface area (Å²) in [6.07, 6.45) is 3.94. The Bertz CT molecular complexity index is 1280. The van der Waals surface area contributed by atoms with Crippen LogP contribution in [0.4, 0.5) is 5.69 Å². The molecule has 0 fully saturated rings. The van der Waals surface area contributed by atoms with Crippen molar-refractivity contribution >= 4 is 23.6 Å². The summed E-state index contributed by atoms with van der Waals surface area (Å²) in [6.45, 7) is 2.43. The largest absolute Gasteiger partial charge is 0.466 e. The minimum Gasteiger partial charge on any atom is -0.466 e.